The van der Waals surface area contributed by atoms with Crippen LogP contribution in [0.3, 0.4) is 0 Å². The second-order valence-electron chi connectivity index (χ2n) is 4.27. The van der Waals surface area contributed by atoms with Crippen LogP contribution in [0.2, 0.25) is 0 Å². The fraction of sp³-hybridized carbons (Fsp3) is 0.286. The molecular weight excluding hydrogens is 294 g/mol. The van der Waals surface area contributed by atoms with Crippen LogP contribution in [-0.2, 0) is 25.6 Å². The minimum Gasteiger partial charge on any atom is -0.481 e. The number of carboxylic acids is 3. The summed E-state index contributed by atoms with van der Waals surface area (Å²) in [4.78, 5) is 40.7. The Morgan fingerprint density at radius 1 is 1.00 bits per heavy atom. The Morgan fingerprint density at radius 3 is 1.95 bits per heavy atom. The molecule has 1 unspecified atom stereocenters. The number of ketones is 1. The van der Waals surface area contributed by atoms with E-state index in [1.54, 1.807) is 24.3 Å². The van der Waals surface area contributed by atoms with Crippen LogP contribution in [-0.4, -0.2) is 45.1 Å². The van der Waals surface area contributed by atoms with E-state index in [4.69, 9.17) is 21.1 Å². The molecule has 0 fully saturated rings. The van der Waals surface area contributed by atoms with Crippen molar-refractivity contribution >= 4 is 23.7 Å². The standard InChI is InChI=1S/C9H8O3.C5H9NO4/c10-8(9(11)12)6-7-4-2-1-3-5-7;6-3(5(9)10)1-2-4(7)8/h1-5H,6H2,(H,11,12);3H,1-2,6H2,(H,7,8)(H,9,10). The van der Waals surface area contributed by atoms with Gasteiger partial charge in [-0.1, -0.05) is 30.3 Å². The first-order valence-corrected chi connectivity index (χ1v) is 6.24. The maximum Gasteiger partial charge on any atom is 0.372 e. The van der Waals surface area contributed by atoms with E-state index in [2.05, 4.69) is 0 Å². The van der Waals surface area contributed by atoms with Gasteiger partial charge in [-0.2, -0.15) is 0 Å². The summed E-state index contributed by atoms with van der Waals surface area (Å²) in [6.45, 7) is 0. The summed E-state index contributed by atoms with van der Waals surface area (Å²) in [6.07, 6.45) is -0.256. The third-order valence-electron chi connectivity index (χ3n) is 2.43. The summed E-state index contributed by atoms with van der Waals surface area (Å²) >= 11 is 0. The lowest BCUT2D eigenvalue weighted by Gasteiger charge is -2.01. The highest BCUT2D eigenvalue weighted by Crippen LogP contribution is 1.99. The molecule has 1 aromatic rings. The van der Waals surface area contributed by atoms with Crippen molar-refractivity contribution in [2.75, 3.05) is 0 Å². The first kappa shape index (κ1) is 19.3. The zero-order chi connectivity index (χ0) is 17.1. The van der Waals surface area contributed by atoms with E-state index >= 15 is 0 Å². The fourth-order valence-corrected chi connectivity index (χ4v) is 1.26. The highest BCUT2D eigenvalue weighted by atomic mass is 16.4. The minimum atomic E-state index is -1.38. The maximum absolute atomic E-state index is 10.7. The number of hydrogen-bond donors (Lipinski definition) is 4. The van der Waals surface area contributed by atoms with E-state index in [0.29, 0.717) is 0 Å². The topological polar surface area (TPSA) is 155 Å². The van der Waals surface area contributed by atoms with Gasteiger partial charge in [0.15, 0.2) is 0 Å². The predicted molar refractivity (Wildman–Crippen MR) is 75.3 cm³/mol. The second-order valence-corrected chi connectivity index (χ2v) is 4.27. The molecule has 120 valence electrons. The monoisotopic (exact) mass is 311 g/mol. The fourth-order valence-electron chi connectivity index (χ4n) is 1.26. The molecule has 5 N–H and O–H groups in total. The van der Waals surface area contributed by atoms with Gasteiger partial charge in [0.1, 0.15) is 6.04 Å². The molecule has 0 spiro atoms. The summed E-state index contributed by atoms with van der Waals surface area (Å²) in [5.41, 5.74) is 5.73. The molecule has 0 saturated heterocycles. The molecule has 0 aliphatic heterocycles. The molecule has 8 nitrogen and oxygen atoms in total. The Bertz CT molecular complexity index is 527. The Kier molecular flexibility index (Phi) is 8.80. The van der Waals surface area contributed by atoms with Crippen molar-refractivity contribution < 1.29 is 34.5 Å². The number of carbonyl (C=O) groups is 4. The molecular formula is C14H17NO7. The average molecular weight is 311 g/mol. The van der Waals surface area contributed by atoms with Crippen molar-refractivity contribution in [2.45, 2.75) is 25.3 Å². The predicted octanol–water partition coefficient (Wildman–Crippen LogP) is 0.146. The van der Waals surface area contributed by atoms with Gasteiger partial charge < -0.3 is 21.1 Å². The largest absolute Gasteiger partial charge is 0.481 e. The lowest BCUT2D eigenvalue weighted by atomic mass is 10.1. The molecule has 22 heavy (non-hydrogen) atoms. The lowest BCUT2D eigenvalue weighted by Crippen LogP contribution is -2.30. The molecule has 8 heteroatoms. The maximum atomic E-state index is 10.7. The van der Waals surface area contributed by atoms with Crippen molar-refractivity contribution in [1.29, 1.82) is 0 Å². The van der Waals surface area contributed by atoms with Crippen molar-refractivity contribution in [3.05, 3.63) is 35.9 Å². The highest BCUT2D eigenvalue weighted by molar-refractivity contribution is 6.33. The number of nitrogens with two attached hydrogens (primary N) is 1. The quantitative estimate of drug-likeness (QED) is 0.518. The van der Waals surface area contributed by atoms with Crippen LogP contribution in [0.4, 0.5) is 0 Å². The van der Waals surface area contributed by atoms with E-state index in [-0.39, 0.29) is 19.3 Å². The van der Waals surface area contributed by atoms with E-state index in [1.165, 1.54) is 0 Å². The molecule has 0 aromatic heterocycles. The third-order valence-corrected chi connectivity index (χ3v) is 2.43. The van der Waals surface area contributed by atoms with Crippen LogP contribution >= 0.6 is 0 Å². The molecule has 1 rings (SSSR count). The summed E-state index contributed by atoms with van der Waals surface area (Å²) in [5, 5.41) is 24.6. The minimum absolute atomic E-state index is 0.0231. The number of benzene rings is 1. The zero-order valence-corrected chi connectivity index (χ0v) is 11.6. The van der Waals surface area contributed by atoms with Gasteiger partial charge in [0.05, 0.1) is 0 Å². The Hall–Kier alpha value is -2.74. The first-order valence-electron chi connectivity index (χ1n) is 6.24. The second kappa shape index (κ2) is 10.1. The van der Waals surface area contributed by atoms with Gasteiger partial charge in [-0.05, 0) is 12.0 Å². The van der Waals surface area contributed by atoms with Gasteiger partial charge in [0, 0.05) is 12.8 Å². The number of carboxylic acid groups (broad SMARTS) is 3. The van der Waals surface area contributed by atoms with Gasteiger partial charge >= 0.3 is 17.9 Å². The Morgan fingerprint density at radius 2 is 1.55 bits per heavy atom. The van der Waals surface area contributed by atoms with E-state index < -0.39 is 29.7 Å². The lowest BCUT2D eigenvalue weighted by molar-refractivity contribution is -0.148. The molecule has 1 atom stereocenters. The van der Waals surface area contributed by atoms with Gasteiger partial charge in [0.25, 0.3) is 0 Å². The van der Waals surface area contributed by atoms with Crippen LogP contribution in [0.1, 0.15) is 18.4 Å². The van der Waals surface area contributed by atoms with Crippen LogP contribution in [0, 0.1) is 0 Å². The average Bonchev–Trinajstić information content (AvgIpc) is 2.46. The molecule has 0 aliphatic carbocycles. The molecule has 1 aromatic carbocycles. The Labute approximate surface area is 126 Å². The van der Waals surface area contributed by atoms with Crippen molar-refractivity contribution in [3.63, 3.8) is 0 Å². The van der Waals surface area contributed by atoms with Gasteiger partial charge in [0.2, 0.25) is 5.78 Å². The van der Waals surface area contributed by atoms with E-state index in [9.17, 15) is 19.2 Å². The van der Waals surface area contributed by atoms with Crippen molar-refractivity contribution in [3.8, 4) is 0 Å². The van der Waals surface area contributed by atoms with Gasteiger partial charge in [-0.3, -0.25) is 14.4 Å². The summed E-state index contributed by atoms with van der Waals surface area (Å²) in [5.74, 6) is -4.35. The molecule has 0 saturated carbocycles. The van der Waals surface area contributed by atoms with Gasteiger partial charge in [-0.25, -0.2) is 4.79 Å². The first-order chi connectivity index (χ1) is 10.2. The number of aliphatic carboxylic acids is 3. The van der Waals surface area contributed by atoms with Crippen LogP contribution in [0.25, 0.3) is 0 Å². The van der Waals surface area contributed by atoms with Gasteiger partial charge in [-0.15, -0.1) is 0 Å². The molecule has 0 bridgehead atoms. The number of rotatable bonds is 7. The van der Waals surface area contributed by atoms with Crippen LogP contribution in [0.5, 0.6) is 0 Å². The number of hydrogen-bond acceptors (Lipinski definition) is 5. The van der Waals surface area contributed by atoms with Crippen LogP contribution in [0.15, 0.2) is 30.3 Å². The highest BCUT2D eigenvalue weighted by Gasteiger charge is 2.12. The number of carbonyl (C=O) groups excluding carboxylic acids is 1. The molecule has 0 amide bonds. The van der Waals surface area contributed by atoms with Crippen molar-refractivity contribution in [2.24, 2.45) is 5.73 Å². The summed E-state index contributed by atoms with van der Waals surface area (Å²) < 4.78 is 0. The number of Topliss-reactive ketones (excluding diaryl/α,β-unsaturated/α-hetero) is 1. The SMILES string of the molecule is NC(CCC(=O)O)C(=O)O.O=C(O)C(=O)Cc1ccccc1. The molecule has 0 radical (unpaired) electrons. The Balaban J connectivity index is 0.000000409. The van der Waals surface area contributed by atoms with Crippen LogP contribution < -0.4 is 5.73 Å². The van der Waals surface area contributed by atoms with E-state index in [0.717, 1.165) is 5.56 Å². The van der Waals surface area contributed by atoms with E-state index in [1.807, 2.05) is 6.07 Å². The normalized spacial score (nSPS) is 10.8. The van der Waals surface area contributed by atoms with Crippen molar-refractivity contribution in [1.82, 2.24) is 0 Å². The smallest absolute Gasteiger partial charge is 0.372 e. The third kappa shape index (κ3) is 9.21. The zero-order valence-electron chi connectivity index (χ0n) is 11.6. The molecule has 0 heterocycles. The summed E-state index contributed by atoms with van der Waals surface area (Å²) in [7, 11) is 0. The molecule has 0 aliphatic rings. The summed E-state index contributed by atoms with van der Waals surface area (Å²) in [6, 6.07) is 7.74.